The smallest absolute Gasteiger partial charge is 0.407 e. The molecule has 2 heterocycles. The van der Waals surface area contributed by atoms with Crippen molar-refractivity contribution in [3.05, 3.63) is 34.4 Å². The van der Waals surface area contributed by atoms with Crippen LogP contribution in [0.25, 0.3) is 5.76 Å². The molecular formula is C26H35NO9. The Labute approximate surface area is 210 Å². The van der Waals surface area contributed by atoms with Crippen LogP contribution >= 0.6 is 0 Å². The van der Waals surface area contributed by atoms with Crippen molar-refractivity contribution < 1.29 is 43.9 Å². The van der Waals surface area contributed by atoms with E-state index < -0.39 is 42.1 Å². The predicted octanol–water partition coefficient (Wildman–Crippen LogP) is 3.39. The number of methoxy groups -OCH3 is 1. The third kappa shape index (κ3) is 4.89. The van der Waals surface area contributed by atoms with Gasteiger partial charge in [-0.3, -0.25) is 0 Å². The largest absolute Gasteiger partial charge is 0.506 e. The van der Waals surface area contributed by atoms with Crippen LogP contribution in [0.5, 0.6) is 5.75 Å². The van der Waals surface area contributed by atoms with Crippen LogP contribution in [-0.2, 0) is 19.0 Å². The van der Waals surface area contributed by atoms with Crippen LogP contribution in [0.3, 0.4) is 0 Å². The van der Waals surface area contributed by atoms with E-state index >= 15 is 0 Å². The lowest BCUT2D eigenvalue weighted by Crippen LogP contribution is -2.61. The Kier molecular flexibility index (Phi) is 7.49. The highest BCUT2D eigenvalue weighted by molar-refractivity contribution is 5.96. The number of aliphatic hydroxyl groups excluding tert-OH is 2. The molecule has 4 N–H and O–H groups in total. The van der Waals surface area contributed by atoms with Crippen LogP contribution in [-0.4, -0.2) is 71.1 Å². The van der Waals surface area contributed by atoms with Crippen molar-refractivity contribution in [1.82, 2.24) is 5.32 Å². The molecule has 1 aliphatic carbocycles. The molecule has 2 fully saturated rings. The summed E-state index contributed by atoms with van der Waals surface area (Å²) in [6.07, 6.45) is 0.528. The standard InChI is InChI=1S/C26H35NO9/c1-13-15(10-11-16-18(28)17(24(30)31)12-34-20(13)16)21-19(29)22(23(33-4)26(2,3)36-21)35-25(32)27-14-8-6-5-7-9-14/h10-11,14,19,21-23,28-29H,5-9,12H2,1-4H3,(H,27,32)(H,30,31)/t19-,21+,22-,23-/m1/s1. The molecule has 4 atom stereocenters. The van der Waals surface area contributed by atoms with Gasteiger partial charge < -0.3 is 39.6 Å². The lowest BCUT2D eigenvalue weighted by molar-refractivity contribution is -0.264. The molecule has 198 valence electrons. The molecule has 1 saturated carbocycles. The fourth-order valence-electron chi connectivity index (χ4n) is 5.50. The first-order chi connectivity index (χ1) is 17.0. The number of carbonyl (C=O) groups excluding carboxylic acids is 1. The summed E-state index contributed by atoms with van der Waals surface area (Å²) in [6.45, 7) is 5.04. The topological polar surface area (TPSA) is 144 Å². The number of rotatable bonds is 5. The van der Waals surface area contributed by atoms with Gasteiger partial charge in [-0.1, -0.05) is 25.3 Å². The van der Waals surface area contributed by atoms with Gasteiger partial charge in [-0.05, 0) is 50.8 Å². The average Bonchev–Trinajstić information content (AvgIpc) is 2.82. The molecule has 10 heteroatoms. The summed E-state index contributed by atoms with van der Waals surface area (Å²) >= 11 is 0. The summed E-state index contributed by atoms with van der Waals surface area (Å²) < 4.78 is 23.3. The van der Waals surface area contributed by atoms with Crippen LogP contribution in [0.2, 0.25) is 0 Å². The Morgan fingerprint density at radius 3 is 2.50 bits per heavy atom. The number of ether oxygens (including phenoxy) is 4. The zero-order valence-corrected chi connectivity index (χ0v) is 21.1. The van der Waals surface area contributed by atoms with Gasteiger partial charge in [0.2, 0.25) is 0 Å². The molecule has 1 saturated heterocycles. The molecule has 0 bridgehead atoms. The van der Waals surface area contributed by atoms with E-state index in [-0.39, 0.29) is 29.5 Å². The molecule has 0 aromatic heterocycles. The van der Waals surface area contributed by atoms with Crippen LogP contribution in [0.1, 0.15) is 68.7 Å². The number of hydrogen-bond acceptors (Lipinski definition) is 8. The second-order valence-electron chi connectivity index (χ2n) is 10.2. The number of aliphatic hydroxyl groups is 2. The SMILES string of the molecule is CO[C@@H]1[C@H](OC(=O)NC2CCCCC2)[C@H](O)[C@H](c2ccc3c(c2C)OCC(C(=O)O)=C3O)OC1(C)C. The van der Waals surface area contributed by atoms with Crippen LogP contribution in [0, 0.1) is 6.92 Å². The van der Waals surface area contributed by atoms with Crippen LogP contribution < -0.4 is 10.1 Å². The van der Waals surface area contributed by atoms with E-state index in [0.29, 0.717) is 16.9 Å². The summed E-state index contributed by atoms with van der Waals surface area (Å²) in [5.74, 6) is -1.31. The maximum atomic E-state index is 12.8. The summed E-state index contributed by atoms with van der Waals surface area (Å²) in [4.78, 5) is 24.2. The average molecular weight is 506 g/mol. The Hall–Kier alpha value is -2.82. The van der Waals surface area contributed by atoms with Crippen molar-refractivity contribution in [2.75, 3.05) is 13.7 Å². The Balaban J connectivity index is 1.62. The molecule has 3 aliphatic rings. The van der Waals surface area contributed by atoms with Crippen LogP contribution in [0.15, 0.2) is 17.7 Å². The van der Waals surface area contributed by atoms with E-state index in [4.69, 9.17) is 18.9 Å². The number of amides is 1. The monoisotopic (exact) mass is 505 g/mol. The quantitative estimate of drug-likeness (QED) is 0.473. The van der Waals surface area contributed by atoms with Crippen molar-refractivity contribution in [2.24, 2.45) is 0 Å². The third-order valence-corrected chi connectivity index (χ3v) is 7.40. The predicted molar refractivity (Wildman–Crippen MR) is 129 cm³/mol. The van der Waals surface area contributed by atoms with Gasteiger partial charge in [0, 0.05) is 13.2 Å². The van der Waals surface area contributed by atoms with Gasteiger partial charge in [0.05, 0.1) is 11.2 Å². The van der Waals surface area contributed by atoms with Crippen molar-refractivity contribution >= 4 is 17.8 Å². The van der Waals surface area contributed by atoms with Gasteiger partial charge in [-0.2, -0.15) is 0 Å². The first-order valence-corrected chi connectivity index (χ1v) is 12.3. The molecule has 10 nitrogen and oxygen atoms in total. The second kappa shape index (κ2) is 10.3. The van der Waals surface area contributed by atoms with E-state index in [1.807, 2.05) is 0 Å². The summed E-state index contributed by atoms with van der Waals surface area (Å²) in [6, 6.07) is 3.23. The summed E-state index contributed by atoms with van der Waals surface area (Å²) in [5.41, 5.74) is 0.223. The number of carboxylic acid groups (broad SMARTS) is 1. The summed E-state index contributed by atoms with van der Waals surface area (Å²) in [7, 11) is 1.48. The van der Waals surface area contributed by atoms with Crippen molar-refractivity contribution in [3.63, 3.8) is 0 Å². The minimum absolute atomic E-state index is 0.0458. The first kappa shape index (κ1) is 26.2. The van der Waals surface area contributed by atoms with Crippen LogP contribution in [0.4, 0.5) is 4.79 Å². The number of benzene rings is 1. The molecule has 2 aliphatic heterocycles. The number of fused-ring (bicyclic) bond motifs is 1. The molecule has 1 aromatic rings. The fourth-order valence-corrected chi connectivity index (χ4v) is 5.50. The molecule has 1 aromatic carbocycles. The third-order valence-electron chi connectivity index (χ3n) is 7.40. The van der Waals surface area contributed by atoms with Gasteiger partial charge in [0.25, 0.3) is 0 Å². The minimum atomic E-state index is -1.26. The number of carbonyl (C=O) groups is 2. The Morgan fingerprint density at radius 1 is 1.17 bits per heavy atom. The lowest BCUT2D eigenvalue weighted by atomic mass is 9.83. The fraction of sp³-hybridized carbons (Fsp3) is 0.615. The molecule has 0 unspecified atom stereocenters. The second-order valence-corrected chi connectivity index (χ2v) is 10.2. The van der Waals surface area contributed by atoms with Gasteiger partial charge in [-0.15, -0.1) is 0 Å². The number of alkyl carbamates (subject to hydrolysis) is 1. The van der Waals surface area contributed by atoms with Gasteiger partial charge >= 0.3 is 12.1 Å². The molecule has 36 heavy (non-hydrogen) atoms. The first-order valence-electron chi connectivity index (χ1n) is 12.3. The zero-order valence-electron chi connectivity index (χ0n) is 21.1. The highest BCUT2D eigenvalue weighted by Crippen LogP contribution is 2.44. The van der Waals surface area contributed by atoms with E-state index in [0.717, 1.165) is 32.1 Å². The highest BCUT2D eigenvalue weighted by Gasteiger charge is 2.53. The molecule has 1 amide bonds. The van der Waals surface area contributed by atoms with Gasteiger partial charge in [0.1, 0.15) is 42.0 Å². The molecule has 4 rings (SSSR count). The molecule has 0 radical (unpaired) electrons. The van der Waals surface area contributed by atoms with Crippen molar-refractivity contribution in [1.29, 1.82) is 0 Å². The molecular weight excluding hydrogens is 470 g/mol. The van der Waals surface area contributed by atoms with E-state index in [2.05, 4.69) is 5.32 Å². The number of hydrogen-bond donors (Lipinski definition) is 4. The van der Waals surface area contributed by atoms with Crippen molar-refractivity contribution in [2.45, 2.75) is 88.9 Å². The minimum Gasteiger partial charge on any atom is -0.506 e. The van der Waals surface area contributed by atoms with Gasteiger partial charge in [-0.25, -0.2) is 9.59 Å². The Morgan fingerprint density at radius 2 is 1.86 bits per heavy atom. The Bertz CT molecular complexity index is 1040. The maximum Gasteiger partial charge on any atom is 0.407 e. The lowest BCUT2D eigenvalue weighted by Gasteiger charge is -2.48. The maximum absolute atomic E-state index is 12.8. The van der Waals surface area contributed by atoms with Gasteiger partial charge in [0.15, 0.2) is 6.10 Å². The number of carboxylic acids is 1. The molecule has 0 spiro atoms. The van der Waals surface area contributed by atoms with E-state index in [1.165, 1.54) is 13.2 Å². The number of nitrogens with one attached hydrogen (secondary N) is 1. The normalized spacial score (nSPS) is 28.1. The summed E-state index contributed by atoms with van der Waals surface area (Å²) in [5, 5.41) is 34.0. The number of aliphatic carboxylic acids is 1. The zero-order chi connectivity index (χ0) is 26.2. The highest BCUT2D eigenvalue weighted by atomic mass is 16.6. The van der Waals surface area contributed by atoms with E-state index in [1.54, 1.807) is 26.8 Å². The van der Waals surface area contributed by atoms with E-state index in [9.17, 15) is 24.9 Å². The van der Waals surface area contributed by atoms with Crippen molar-refractivity contribution in [3.8, 4) is 5.75 Å².